The molecule has 1 fully saturated rings. The summed E-state index contributed by atoms with van der Waals surface area (Å²) in [5, 5.41) is 7.38. The predicted octanol–water partition coefficient (Wildman–Crippen LogP) is 2.17. The minimum atomic E-state index is -0.502. The molecule has 7 heteroatoms. The van der Waals surface area contributed by atoms with Crippen molar-refractivity contribution < 1.29 is 9.53 Å². The van der Waals surface area contributed by atoms with E-state index in [4.69, 9.17) is 0 Å². The van der Waals surface area contributed by atoms with Gasteiger partial charge in [-0.05, 0) is 34.7 Å². The van der Waals surface area contributed by atoms with Crippen LogP contribution in [0.4, 0.5) is 5.69 Å². The normalized spacial score (nSPS) is 15.6. The van der Waals surface area contributed by atoms with Gasteiger partial charge in [-0.1, -0.05) is 19.8 Å². The van der Waals surface area contributed by atoms with E-state index < -0.39 is 5.97 Å². The summed E-state index contributed by atoms with van der Waals surface area (Å²) in [7, 11) is 1.28. The van der Waals surface area contributed by atoms with Gasteiger partial charge < -0.3 is 10.1 Å². The van der Waals surface area contributed by atoms with Gasteiger partial charge in [-0.3, -0.25) is 9.59 Å². The number of methoxy groups -OCH3 is 1. The molecule has 1 aromatic rings. The van der Waals surface area contributed by atoms with Crippen molar-refractivity contribution in [2.45, 2.75) is 45.2 Å². The SMILES string of the molecule is CCC(CC1CC1)Nc1cnn(CC(=O)OC)c(=O)c1Br. The molecule has 6 nitrogen and oxygen atoms in total. The number of aromatic nitrogens is 2. The second-order valence-electron chi connectivity index (χ2n) is 5.34. The lowest BCUT2D eigenvalue weighted by atomic mass is 10.1. The molecule has 1 saturated carbocycles. The highest BCUT2D eigenvalue weighted by Gasteiger charge is 2.25. The summed E-state index contributed by atoms with van der Waals surface area (Å²) in [5.41, 5.74) is 0.334. The van der Waals surface area contributed by atoms with Crippen LogP contribution in [0.25, 0.3) is 0 Å². The van der Waals surface area contributed by atoms with E-state index in [0.29, 0.717) is 16.2 Å². The van der Waals surface area contributed by atoms with E-state index in [9.17, 15) is 9.59 Å². The first kappa shape index (κ1) is 16.0. The quantitative estimate of drug-likeness (QED) is 0.757. The van der Waals surface area contributed by atoms with Crippen molar-refractivity contribution in [3.05, 3.63) is 21.0 Å². The topological polar surface area (TPSA) is 73.2 Å². The van der Waals surface area contributed by atoms with Crippen LogP contribution in [0, 0.1) is 5.92 Å². The number of ether oxygens (including phenoxy) is 1. The molecule has 21 heavy (non-hydrogen) atoms. The van der Waals surface area contributed by atoms with Crippen LogP contribution in [0.3, 0.4) is 0 Å². The molecule has 2 rings (SSSR count). The second-order valence-corrected chi connectivity index (χ2v) is 6.13. The predicted molar refractivity (Wildman–Crippen MR) is 83.3 cm³/mol. The van der Waals surface area contributed by atoms with Crippen LogP contribution in [-0.2, 0) is 16.1 Å². The molecule has 1 unspecified atom stereocenters. The van der Waals surface area contributed by atoms with Crippen molar-refractivity contribution in [2.75, 3.05) is 12.4 Å². The Morgan fingerprint density at radius 2 is 2.33 bits per heavy atom. The third kappa shape index (κ3) is 4.30. The number of anilines is 1. The number of carbonyl (C=O) groups excluding carboxylic acids is 1. The van der Waals surface area contributed by atoms with Crippen LogP contribution in [0.5, 0.6) is 0 Å². The Kier molecular flexibility index (Phi) is 5.39. The van der Waals surface area contributed by atoms with Gasteiger partial charge in [-0.25, -0.2) is 4.68 Å². The maximum Gasteiger partial charge on any atom is 0.327 e. The molecule has 0 radical (unpaired) electrons. The van der Waals surface area contributed by atoms with E-state index in [1.807, 2.05) is 0 Å². The molecule has 1 aliphatic rings. The van der Waals surface area contributed by atoms with Crippen LogP contribution >= 0.6 is 15.9 Å². The zero-order valence-corrected chi connectivity index (χ0v) is 13.9. The lowest BCUT2D eigenvalue weighted by molar-refractivity contribution is -0.141. The van der Waals surface area contributed by atoms with Gasteiger partial charge >= 0.3 is 5.97 Å². The average Bonchev–Trinajstić information content (AvgIpc) is 3.29. The van der Waals surface area contributed by atoms with E-state index in [1.54, 1.807) is 6.20 Å². The molecule has 1 aliphatic carbocycles. The van der Waals surface area contributed by atoms with Gasteiger partial charge in [-0.15, -0.1) is 0 Å². The standard InChI is InChI=1S/C14H20BrN3O3/c1-3-10(6-9-4-5-9)17-11-7-16-18(8-12(19)21-2)14(20)13(11)15/h7,9-10,17H,3-6,8H2,1-2H3. The van der Waals surface area contributed by atoms with Crippen molar-refractivity contribution >= 4 is 27.6 Å². The minimum Gasteiger partial charge on any atom is -0.468 e. The largest absolute Gasteiger partial charge is 0.468 e. The van der Waals surface area contributed by atoms with Crippen LogP contribution in [0.2, 0.25) is 0 Å². The third-order valence-electron chi connectivity index (χ3n) is 3.66. The monoisotopic (exact) mass is 357 g/mol. The number of rotatable bonds is 7. The van der Waals surface area contributed by atoms with Crippen molar-refractivity contribution in [3.63, 3.8) is 0 Å². The molecule has 1 heterocycles. The van der Waals surface area contributed by atoms with Gasteiger partial charge in [0.1, 0.15) is 11.0 Å². The van der Waals surface area contributed by atoms with Crippen molar-refractivity contribution in [1.82, 2.24) is 9.78 Å². The van der Waals surface area contributed by atoms with Gasteiger partial charge in [0.05, 0.1) is 19.0 Å². The summed E-state index contributed by atoms with van der Waals surface area (Å²) in [6.07, 6.45) is 6.29. The fraction of sp³-hybridized carbons (Fsp3) is 0.643. The maximum absolute atomic E-state index is 12.2. The first-order valence-electron chi connectivity index (χ1n) is 7.14. The average molecular weight is 358 g/mol. The fourth-order valence-electron chi connectivity index (χ4n) is 2.17. The van der Waals surface area contributed by atoms with Crippen LogP contribution < -0.4 is 10.9 Å². The number of nitrogens with one attached hydrogen (secondary N) is 1. The Labute approximate surface area is 132 Å². The molecule has 0 amide bonds. The number of halogens is 1. The first-order valence-corrected chi connectivity index (χ1v) is 7.93. The summed E-state index contributed by atoms with van der Waals surface area (Å²) in [6.45, 7) is 1.94. The summed E-state index contributed by atoms with van der Waals surface area (Å²) in [6, 6.07) is 0.339. The zero-order valence-electron chi connectivity index (χ0n) is 12.3. The third-order valence-corrected chi connectivity index (χ3v) is 4.42. The van der Waals surface area contributed by atoms with Crippen molar-refractivity contribution in [2.24, 2.45) is 5.92 Å². The van der Waals surface area contributed by atoms with E-state index in [2.05, 4.69) is 38.0 Å². The lowest BCUT2D eigenvalue weighted by Gasteiger charge is -2.19. The number of esters is 1. The Hall–Kier alpha value is -1.37. The first-order chi connectivity index (χ1) is 10.0. The highest BCUT2D eigenvalue weighted by atomic mass is 79.9. The number of hydrogen-bond acceptors (Lipinski definition) is 5. The number of nitrogens with zero attached hydrogens (tertiary/aromatic N) is 2. The summed E-state index contributed by atoms with van der Waals surface area (Å²) < 4.78 is 6.03. The van der Waals surface area contributed by atoms with Gasteiger partial charge in [0, 0.05) is 6.04 Å². The van der Waals surface area contributed by atoms with E-state index in [-0.39, 0.29) is 12.1 Å². The lowest BCUT2D eigenvalue weighted by Crippen LogP contribution is -2.29. The molecule has 0 bridgehead atoms. The molecular formula is C14H20BrN3O3. The Morgan fingerprint density at radius 3 is 2.90 bits per heavy atom. The minimum absolute atomic E-state index is 0.187. The summed E-state index contributed by atoms with van der Waals surface area (Å²) in [4.78, 5) is 23.4. The summed E-state index contributed by atoms with van der Waals surface area (Å²) in [5.74, 6) is 0.311. The van der Waals surface area contributed by atoms with Crippen LogP contribution in [0.1, 0.15) is 32.6 Å². The van der Waals surface area contributed by atoms with E-state index in [0.717, 1.165) is 23.4 Å². The Bertz CT molecular complexity index is 569. The molecular weight excluding hydrogens is 338 g/mol. The van der Waals surface area contributed by atoms with Crippen LogP contribution in [0.15, 0.2) is 15.5 Å². The number of carbonyl (C=O) groups is 1. The Balaban J connectivity index is 2.11. The fourth-order valence-corrected chi connectivity index (χ4v) is 2.59. The molecule has 1 aromatic heterocycles. The Morgan fingerprint density at radius 1 is 1.62 bits per heavy atom. The molecule has 0 aliphatic heterocycles. The second kappa shape index (κ2) is 7.06. The van der Waals surface area contributed by atoms with Gasteiger partial charge in [0.25, 0.3) is 5.56 Å². The molecule has 1 N–H and O–H groups in total. The highest BCUT2D eigenvalue weighted by Crippen LogP contribution is 2.35. The van der Waals surface area contributed by atoms with Crippen molar-refractivity contribution in [1.29, 1.82) is 0 Å². The van der Waals surface area contributed by atoms with Crippen LogP contribution in [-0.4, -0.2) is 28.9 Å². The molecule has 116 valence electrons. The molecule has 0 spiro atoms. The summed E-state index contributed by atoms with van der Waals surface area (Å²) >= 11 is 3.29. The molecule has 0 aromatic carbocycles. The van der Waals surface area contributed by atoms with E-state index in [1.165, 1.54) is 20.0 Å². The van der Waals surface area contributed by atoms with Gasteiger partial charge in [-0.2, -0.15) is 5.10 Å². The van der Waals surface area contributed by atoms with E-state index >= 15 is 0 Å². The molecule has 0 saturated heterocycles. The van der Waals surface area contributed by atoms with Gasteiger partial charge in [0.15, 0.2) is 0 Å². The highest BCUT2D eigenvalue weighted by molar-refractivity contribution is 9.10. The number of hydrogen-bond donors (Lipinski definition) is 1. The zero-order chi connectivity index (χ0) is 15.4. The smallest absolute Gasteiger partial charge is 0.327 e. The van der Waals surface area contributed by atoms with Gasteiger partial charge in [0.2, 0.25) is 0 Å². The molecule has 1 atom stereocenters. The van der Waals surface area contributed by atoms with Crippen molar-refractivity contribution in [3.8, 4) is 0 Å². The maximum atomic E-state index is 12.2.